The molecule has 0 unspecified atom stereocenters. The first kappa shape index (κ1) is 9.25. The predicted octanol–water partition coefficient (Wildman–Crippen LogP) is -0.232. The first-order chi connectivity index (χ1) is 1.41. The van der Waals surface area contributed by atoms with Crippen molar-refractivity contribution >= 4 is 52.7 Å². The fourth-order valence-corrected chi connectivity index (χ4v) is 0. The third kappa shape index (κ3) is 9.21. The summed E-state index contributed by atoms with van der Waals surface area (Å²) in [5.74, 6) is 0. The monoisotopic (exact) mass is 290 g/mol. The third-order valence-corrected chi connectivity index (χ3v) is 0. The SMILES string of the molecule is [O]=[Sb]#[S].[Sb]. The molecule has 0 aliphatic carbocycles. The molecule has 4 heteroatoms. The van der Waals surface area contributed by atoms with Gasteiger partial charge in [-0.15, -0.1) is 0 Å². The van der Waals surface area contributed by atoms with Gasteiger partial charge in [0.2, 0.25) is 0 Å². The Labute approximate surface area is 55.1 Å². The van der Waals surface area contributed by atoms with Crippen LogP contribution < -0.4 is 0 Å². The molecule has 0 saturated carbocycles. The Hall–Kier alpha value is 1.79. The van der Waals surface area contributed by atoms with Gasteiger partial charge in [0.15, 0.2) is 0 Å². The molecular formula is OSSb2. The van der Waals surface area contributed by atoms with Gasteiger partial charge in [-0.3, -0.25) is 0 Å². The molecule has 0 amide bonds. The van der Waals surface area contributed by atoms with Crippen molar-refractivity contribution in [3.8, 4) is 0 Å². The standard InChI is InChI=1S/O.S.2Sb. The Balaban J connectivity index is 0. The largest absolute Gasteiger partial charge is 0 e. The molecule has 0 bridgehead atoms. The number of hydrogen-bond donors (Lipinski definition) is 0. The molecule has 0 fully saturated rings. The maximum Gasteiger partial charge on any atom is 0 e. The smallest absolute Gasteiger partial charge is 0 e. The van der Waals surface area contributed by atoms with E-state index in [4.69, 9.17) is 3.02 Å². The third-order valence-electron chi connectivity index (χ3n) is 0. The minimum Gasteiger partial charge on any atom is 0 e. The Morgan fingerprint density at radius 3 is 1.75 bits per heavy atom. The Kier molecular flexibility index (Phi) is 20.4. The first-order valence-corrected chi connectivity index (χ1v) is 4.90. The van der Waals surface area contributed by atoms with Gasteiger partial charge in [-0.05, 0) is 0 Å². The molecule has 0 aliphatic rings. The van der Waals surface area contributed by atoms with Crippen LogP contribution in [0.3, 0.4) is 0 Å². The fraction of sp³-hybridized carbons (Fsp3) is 0. The molecule has 0 aromatic carbocycles. The van der Waals surface area contributed by atoms with Crippen LogP contribution in [0.15, 0.2) is 0 Å². The average Bonchev–Trinajstić information content (AvgIpc) is 0.918. The molecule has 0 aliphatic heterocycles. The maximum absolute atomic E-state index is 8.90. The van der Waals surface area contributed by atoms with E-state index in [2.05, 4.69) is 8.94 Å². The summed E-state index contributed by atoms with van der Waals surface area (Å²) in [6.45, 7) is 0. The molecule has 0 N–H and O–H groups in total. The Morgan fingerprint density at radius 2 is 1.75 bits per heavy atom. The topological polar surface area (TPSA) is 17.1 Å². The molecule has 0 rings (SSSR count). The summed E-state index contributed by atoms with van der Waals surface area (Å²) in [6.07, 6.45) is 0. The Morgan fingerprint density at radius 1 is 1.75 bits per heavy atom. The molecule has 0 saturated heterocycles. The van der Waals surface area contributed by atoms with Crippen molar-refractivity contribution in [1.82, 2.24) is 0 Å². The summed E-state index contributed by atoms with van der Waals surface area (Å²) in [5.41, 5.74) is 0. The minimum absolute atomic E-state index is 0. The Bertz CT molecular complexity index is 52.2. The molecule has 4 radical (unpaired) electrons. The van der Waals surface area contributed by atoms with E-state index in [1.165, 1.54) is 0 Å². The quantitative estimate of drug-likeness (QED) is 0.564. The van der Waals surface area contributed by atoms with Gasteiger partial charge in [0, 0.05) is 24.4 Å². The summed E-state index contributed by atoms with van der Waals surface area (Å²) in [6, 6.07) is 0. The molecule has 0 atom stereocenters. The van der Waals surface area contributed by atoms with Crippen LogP contribution in [-0.4, -0.2) is 43.8 Å². The average molecular weight is 292 g/mol. The zero-order valence-corrected chi connectivity index (χ0v) is 7.63. The van der Waals surface area contributed by atoms with E-state index in [0.717, 1.165) is 0 Å². The van der Waals surface area contributed by atoms with Gasteiger partial charge in [-0.2, -0.15) is 0 Å². The van der Waals surface area contributed by atoms with E-state index in [1.807, 2.05) is 0 Å². The molecular weight excluding hydrogens is 292 g/mol. The van der Waals surface area contributed by atoms with Crippen LogP contribution in [0.4, 0.5) is 0 Å². The summed E-state index contributed by atoms with van der Waals surface area (Å²) in [5, 5.41) is 0. The van der Waals surface area contributed by atoms with Crippen molar-refractivity contribution in [2.45, 2.75) is 0 Å². The summed E-state index contributed by atoms with van der Waals surface area (Å²) >= 11 is -1.32. The van der Waals surface area contributed by atoms with Gasteiger partial charge >= 0.3 is 31.3 Å². The van der Waals surface area contributed by atoms with Crippen LogP contribution in [0.5, 0.6) is 0 Å². The number of hydrogen-bond acceptors (Lipinski definition) is 1. The van der Waals surface area contributed by atoms with Gasteiger partial charge in [0.05, 0.1) is 0 Å². The van der Waals surface area contributed by atoms with E-state index in [9.17, 15) is 0 Å². The predicted molar refractivity (Wildman–Crippen MR) is 19.8 cm³/mol. The van der Waals surface area contributed by atoms with Crippen LogP contribution in [0.2, 0.25) is 0 Å². The van der Waals surface area contributed by atoms with Gasteiger partial charge < -0.3 is 0 Å². The first-order valence-electron chi connectivity index (χ1n) is 0.365. The van der Waals surface area contributed by atoms with Gasteiger partial charge in [0.25, 0.3) is 0 Å². The van der Waals surface area contributed by atoms with Crippen molar-refractivity contribution in [1.29, 1.82) is 0 Å². The molecule has 0 spiro atoms. The van der Waals surface area contributed by atoms with Gasteiger partial charge in [-0.25, -0.2) is 0 Å². The van der Waals surface area contributed by atoms with E-state index in [1.54, 1.807) is 0 Å². The summed E-state index contributed by atoms with van der Waals surface area (Å²) in [4.78, 5) is 0. The normalized spacial score (nSPS) is 1.75. The van der Waals surface area contributed by atoms with Crippen molar-refractivity contribution < 1.29 is 3.02 Å². The fourth-order valence-electron chi connectivity index (χ4n) is 0. The van der Waals surface area contributed by atoms with Gasteiger partial charge in [-0.1, -0.05) is 0 Å². The van der Waals surface area contributed by atoms with Crippen molar-refractivity contribution in [2.24, 2.45) is 0 Å². The molecule has 0 aromatic rings. The van der Waals surface area contributed by atoms with Crippen LogP contribution in [0.1, 0.15) is 0 Å². The maximum atomic E-state index is 8.90. The van der Waals surface area contributed by atoms with Gasteiger partial charge in [0.1, 0.15) is 0 Å². The molecule has 22 valence electrons. The van der Waals surface area contributed by atoms with E-state index in [-0.39, 0.29) is 24.4 Å². The zero-order valence-electron chi connectivity index (χ0n) is 1.71. The molecule has 0 heterocycles. The number of rotatable bonds is 0. The van der Waals surface area contributed by atoms with E-state index >= 15 is 0 Å². The minimum atomic E-state index is -1.32. The van der Waals surface area contributed by atoms with Crippen molar-refractivity contribution in [2.75, 3.05) is 0 Å². The zero-order chi connectivity index (χ0) is 2.71. The van der Waals surface area contributed by atoms with Crippen LogP contribution in [0.25, 0.3) is 0 Å². The second-order valence-corrected chi connectivity index (χ2v) is 1.50. The van der Waals surface area contributed by atoms with Crippen LogP contribution in [0, 0.1) is 0 Å². The summed E-state index contributed by atoms with van der Waals surface area (Å²) in [7, 11) is 3.99. The van der Waals surface area contributed by atoms with Crippen molar-refractivity contribution in [3.05, 3.63) is 0 Å². The van der Waals surface area contributed by atoms with E-state index in [0.29, 0.717) is 0 Å². The molecule has 1 nitrogen and oxygen atoms in total. The molecule has 0 aromatic heterocycles. The van der Waals surface area contributed by atoms with Crippen molar-refractivity contribution in [3.63, 3.8) is 0 Å². The van der Waals surface area contributed by atoms with E-state index < -0.39 is 19.4 Å². The second-order valence-electron chi connectivity index (χ2n) is 0.0745. The van der Waals surface area contributed by atoms with Crippen LogP contribution in [-0.2, 0) is 3.02 Å². The second kappa shape index (κ2) is 8.84. The van der Waals surface area contributed by atoms with Crippen LogP contribution >= 0.6 is 8.94 Å². The summed E-state index contributed by atoms with van der Waals surface area (Å²) < 4.78 is 8.90. The molecule has 4 heavy (non-hydrogen) atoms.